The summed E-state index contributed by atoms with van der Waals surface area (Å²) in [6.45, 7) is 0. The fourth-order valence-electron chi connectivity index (χ4n) is 1.25. The molecule has 0 saturated heterocycles. The van der Waals surface area contributed by atoms with Crippen LogP contribution in [-0.2, 0) is 14.3 Å². The molecule has 1 rings (SSSR count). The number of nitro benzene ring substituents is 1. The molecule has 1 N–H and O–H groups in total. The smallest absolute Gasteiger partial charge is 0.306 e. The predicted molar refractivity (Wildman–Crippen MR) is 70.7 cm³/mol. The van der Waals surface area contributed by atoms with E-state index in [-0.39, 0.29) is 24.4 Å². The van der Waals surface area contributed by atoms with Crippen LogP contribution in [0.2, 0.25) is 0 Å². The molecule has 0 aliphatic rings. The maximum atomic E-state index is 11.5. The number of ether oxygens (including phenoxy) is 1. The lowest BCUT2D eigenvalue weighted by Gasteiger charge is -2.06. The Balaban J connectivity index is 2.64. The molecule has 0 unspecified atom stereocenters. The fraction of sp³-hybridized carbons (Fsp3) is 0.273. The lowest BCUT2D eigenvalue weighted by molar-refractivity contribution is -0.384. The summed E-state index contributed by atoms with van der Waals surface area (Å²) in [5.41, 5.74) is 0.319. The molecule has 19 heavy (non-hydrogen) atoms. The van der Waals surface area contributed by atoms with Crippen molar-refractivity contribution in [3.8, 4) is 0 Å². The van der Waals surface area contributed by atoms with Gasteiger partial charge in [0.25, 0.3) is 5.69 Å². The molecule has 0 aromatic heterocycles. The van der Waals surface area contributed by atoms with Crippen LogP contribution in [0.1, 0.15) is 12.8 Å². The molecule has 0 aliphatic carbocycles. The number of anilines is 1. The van der Waals surface area contributed by atoms with Gasteiger partial charge in [0.05, 0.1) is 24.1 Å². The zero-order chi connectivity index (χ0) is 14.4. The van der Waals surface area contributed by atoms with Gasteiger partial charge in [-0.05, 0) is 22.0 Å². The quantitative estimate of drug-likeness (QED) is 0.507. The van der Waals surface area contributed by atoms with E-state index in [4.69, 9.17) is 0 Å². The monoisotopic (exact) mass is 330 g/mol. The molecule has 1 aromatic rings. The zero-order valence-corrected chi connectivity index (χ0v) is 11.6. The number of methoxy groups -OCH3 is 1. The van der Waals surface area contributed by atoms with Gasteiger partial charge in [-0.15, -0.1) is 0 Å². The summed E-state index contributed by atoms with van der Waals surface area (Å²) in [6, 6.07) is 3.98. The number of carbonyl (C=O) groups is 2. The SMILES string of the molecule is COC(=O)CCC(=O)Nc1ccc([N+](=O)[O-])cc1Br. The van der Waals surface area contributed by atoms with Crippen molar-refractivity contribution in [2.75, 3.05) is 12.4 Å². The molecule has 1 amide bonds. The molecule has 7 nitrogen and oxygen atoms in total. The first-order valence-corrected chi connectivity index (χ1v) is 6.04. The van der Waals surface area contributed by atoms with Gasteiger partial charge in [0.1, 0.15) is 0 Å². The highest BCUT2D eigenvalue weighted by atomic mass is 79.9. The molecule has 0 saturated carbocycles. The summed E-state index contributed by atoms with van der Waals surface area (Å²) in [5, 5.41) is 13.1. The highest BCUT2D eigenvalue weighted by molar-refractivity contribution is 9.10. The Kier molecular flexibility index (Phi) is 5.43. The van der Waals surface area contributed by atoms with E-state index in [9.17, 15) is 19.7 Å². The number of benzene rings is 1. The molecular weight excluding hydrogens is 320 g/mol. The van der Waals surface area contributed by atoms with Crippen molar-refractivity contribution in [3.05, 3.63) is 32.8 Å². The van der Waals surface area contributed by atoms with Crippen LogP contribution in [0.15, 0.2) is 22.7 Å². The van der Waals surface area contributed by atoms with Crippen LogP contribution >= 0.6 is 15.9 Å². The first kappa shape index (κ1) is 15.1. The predicted octanol–water partition coefficient (Wildman–Crippen LogP) is 2.25. The average molecular weight is 331 g/mol. The number of rotatable bonds is 5. The minimum atomic E-state index is -0.534. The van der Waals surface area contributed by atoms with Gasteiger partial charge in [-0.1, -0.05) is 0 Å². The largest absolute Gasteiger partial charge is 0.469 e. The number of esters is 1. The minimum absolute atomic E-state index is 0.0178. The molecule has 0 atom stereocenters. The fourth-order valence-corrected chi connectivity index (χ4v) is 1.72. The summed E-state index contributed by atoms with van der Waals surface area (Å²) >= 11 is 3.13. The third kappa shape index (κ3) is 4.66. The molecule has 102 valence electrons. The summed E-state index contributed by atoms with van der Waals surface area (Å²) in [4.78, 5) is 32.4. The maximum Gasteiger partial charge on any atom is 0.306 e. The lowest BCUT2D eigenvalue weighted by atomic mass is 10.2. The van der Waals surface area contributed by atoms with E-state index in [0.717, 1.165) is 0 Å². The molecular formula is C11H11BrN2O5. The van der Waals surface area contributed by atoms with Crippen LogP contribution in [0.3, 0.4) is 0 Å². The van der Waals surface area contributed by atoms with Gasteiger partial charge >= 0.3 is 5.97 Å². The van der Waals surface area contributed by atoms with Gasteiger partial charge in [0.15, 0.2) is 0 Å². The Morgan fingerprint density at radius 3 is 2.63 bits per heavy atom. The second kappa shape index (κ2) is 6.83. The van der Waals surface area contributed by atoms with Gasteiger partial charge in [-0.25, -0.2) is 0 Å². The van der Waals surface area contributed by atoms with Crippen LogP contribution in [0.5, 0.6) is 0 Å². The van der Waals surface area contributed by atoms with Crippen LogP contribution in [-0.4, -0.2) is 23.9 Å². The van der Waals surface area contributed by atoms with E-state index in [1.807, 2.05) is 0 Å². The van der Waals surface area contributed by atoms with Crippen LogP contribution in [0, 0.1) is 10.1 Å². The molecule has 8 heteroatoms. The van der Waals surface area contributed by atoms with Crippen molar-refractivity contribution in [2.45, 2.75) is 12.8 Å². The molecule has 0 bridgehead atoms. The Hall–Kier alpha value is -1.96. The number of nitrogens with one attached hydrogen (secondary N) is 1. The Bertz CT molecular complexity index is 518. The Morgan fingerprint density at radius 1 is 1.42 bits per heavy atom. The van der Waals surface area contributed by atoms with Crippen LogP contribution in [0.4, 0.5) is 11.4 Å². The molecule has 0 radical (unpaired) electrons. The van der Waals surface area contributed by atoms with Gasteiger partial charge in [-0.3, -0.25) is 19.7 Å². The number of halogens is 1. The average Bonchev–Trinajstić information content (AvgIpc) is 2.38. The number of hydrogen-bond donors (Lipinski definition) is 1. The highest BCUT2D eigenvalue weighted by Gasteiger charge is 2.12. The Morgan fingerprint density at radius 2 is 2.11 bits per heavy atom. The number of non-ortho nitro benzene ring substituents is 1. The van der Waals surface area contributed by atoms with E-state index in [1.54, 1.807) is 0 Å². The van der Waals surface area contributed by atoms with Gasteiger partial charge < -0.3 is 10.1 Å². The van der Waals surface area contributed by atoms with Gasteiger partial charge in [0, 0.05) is 23.0 Å². The second-order valence-electron chi connectivity index (χ2n) is 3.55. The van der Waals surface area contributed by atoms with Crippen LogP contribution in [0.25, 0.3) is 0 Å². The number of carbonyl (C=O) groups excluding carboxylic acids is 2. The standard InChI is InChI=1S/C11H11BrN2O5/c1-19-11(16)5-4-10(15)13-9-3-2-7(14(17)18)6-8(9)12/h2-3,6H,4-5H2,1H3,(H,13,15). The summed E-state index contributed by atoms with van der Waals surface area (Å²) in [7, 11) is 1.24. The normalized spacial score (nSPS) is 9.79. The first-order chi connectivity index (χ1) is 8.93. The maximum absolute atomic E-state index is 11.5. The molecule has 0 aliphatic heterocycles. The highest BCUT2D eigenvalue weighted by Crippen LogP contribution is 2.27. The van der Waals surface area contributed by atoms with Gasteiger partial charge in [0.2, 0.25) is 5.91 Å². The zero-order valence-electron chi connectivity index (χ0n) is 10.0. The van der Waals surface area contributed by atoms with E-state index in [1.165, 1.54) is 25.3 Å². The third-order valence-electron chi connectivity index (χ3n) is 2.22. The molecule has 0 spiro atoms. The van der Waals surface area contributed by atoms with E-state index in [0.29, 0.717) is 10.2 Å². The van der Waals surface area contributed by atoms with Crippen molar-refractivity contribution < 1.29 is 19.2 Å². The number of hydrogen-bond acceptors (Lipinski definition) is 5. The van der Waals surface area contributed by atoms with E-state index in [2.05, 4.69) is 26.0 Å². The number of nitro groups is 1. The lowest BCUT2D eigenvalue weighted by Crippen LogP contribution is -2.14. The molecule has 1 aromatic carbocycles. The topological polar surface area (TPSA) is 98.5 Å². The van der Waals surface area contributed by atoms with Gasteiger partial charge in [-0.2, -0.15) is 0 Å². The molecule has 0 heterocycles. The van der Waals surface area contributed by atoms with Crippen molar-refractivity contribution >= 4 is 39.2 Å². The van der Waals surface area contributed by atoms with Crippen LogP contribution < -0.4 is 5.32 Å². The summed E-state index contributed by atoms with van der Waals surface area (Å²) < 4.78 is 4.81. The van der Waals surface area contributed by atoms with E-state index >= 15 is 0 Å². The minimum Gasteiger partial charge on any atom is -0.469 e. The Labute approximate surface area is 117 Å². The second-order valence-corrected chi connectivity index (χ2v) is 4.40. The number of amides is 1. The van der Waals surface area contributed by atoms with Crippen molar-refractivity contribution in [1.29, 1.82) is 0 Å². The third-order valence-corrected chi connectivity index (χ3v) is 2.88. The summed E-state index contributed by atoms with van der Waals surface area (Å²) in [6.07, 6.45) is -0.0387. The van der Waals surface area contributed by atoms with Crippen molar-refractivity contribution in [3.63, 3.8) is 0 Å². The number of nitrogens with zero attached hydrogens (tertiary/aromatic N) is 1. The van der Waals surface area contributed by atoms with Crippen molar-refractivity contribution in [1.82, 2.24) is 0 Å². The van der Waals surface area contributed by atoms with Crippen molar-refractivity contribution in [2.24, 2.45) is 0 Å². The van der Waals surface area contributed by atoms with E-state index < -0.39 is 10.9 Å². The first-order valence-electron chi connectivity index (χ1n) is 5.24. The molecule has 0 fully saturated rings. The summed E-state index contributed by atoms with van der Waals surface area (Å²) in [5.74, 6) is -0.849.